The number of aryl methyl sites for hydroxylation is 2. The lowest BCUT2D eigenvalue weighted by Crippen LogP contribution is -2.18. The lowest BCUT2D eigenvalue weighted by atomic mass is 10.0. The van der Waals surface area contributed by atoms with Crippen LogP contribution in [0.5, 0.6) is 0 Å². The second-order valence-electron chi connectivity index (χ2n) is 5.60. The van der Waals surface area contributed by atoms with Gasteiger partial charge in [-0.25, -0.2) is 4.79 Å². The molecule has 2 aromatic carbocycles. The second-order valence-corrected chi connectivity index (χ2v) is 5.60. The summed E-state index contributed by atoms with van der Waals surface area (Å²) < 4.78 is 0. The first-order valence-corrected chi connectivity index (χ1v) is 7.28. The average Bonchev–Trinajstić information content (AvgIpc) is 2.96. The first-order chi connectivity index (χ1) is 10.6. The third kappa shape index (κ3) is 2.60. The van der Waals surface area contributed by atoms with E-state index in [1.54, 1.807) is 0 Å². The first-order valence-electron chi connectivity index (χ1n) is 7.28. The van der Waals surface area contributed by atoms with Gasteiger partial charge in [-0.05, 0) is 42.7 Å². The monoisotopic (exact) mass is 294 g/mol. The normalized spacial score (nSPS) is 17.5. The van der Waals surface area contributed by atoms with E-state index in [1.165, 1.54) is 11.1 Å². The maximum atomic E-state index is 11.3. The lowest BCUT2D eigenvalue weighted by Gasteiger charge is -2.24. The van der Waals surface area contributed by atoms with Crippen LogP contribution in [0.25, 0.3) is 0 Å². The highest BCUT2D eigenvalue weighted by Gasteiger charge is 2.32. The van der Waals surface area contributed by atoms with Crippen molar-refractivity contribution in [3.8, 4) is 0 Å². The zero-order valence-corrected chi connectivity index (χ0v) is 12.7. The highest BCUT2D eigenvalue weighted by molar-refractivity contribution is 6.36. The van der Waals surface area contributed by atoms with Crippen LogP contribution in [-0.2, 0) is 4.79 Å². The largest absolute Gasteiger partial charge is 0.477 e. The number of carboxylic acid groups (broad SMARTS) is 1. The van der Waals surface area contributed by atoms with E-state index in [4.69, 9.17) is 0 Å². The molecular weight excluding hydrogens is 276 g/mol. The van der Waals surface area contributed by atoms with Crippen LogP contribution >= 0.6 is 0 Å². The van der Waals surface area contributed by atoms with Crippen LogP contribution in [0.2, 0.25) is 0 Å². The number of hydrogen-bond acceptors (Lipinski definition) is 3. The van der Waals surface area contributed by atoms with Crippen molar-refractivity contribution in [2.45, 2.75) is 26.3 Å². The summed E-state index contributed by atoms with van der Waals surface area (Å²) in [5.74, 6) is -0.952. The van der Waals surface area contributed by atoms with Crippen molar-refractivity contribution >= 4 is 17.4 Å². The SMILES string of the molecule is Cc1ccc(N2N=C(C(=O)O)CC2c2ccccc2)cc1C. The third-order valence-corrected chi connectivity index (χ3v) is 4.10. The molecular formula is C18H18N2O2. The maximum absolute atomic E-state index is 11.3. The summed E-state index contributed by atoms with van der Waals surface area (Å²) in [6, 6.07) is 15.9. The summed E-state index contributed by atoms with van der Waals surface area (Å²) in [6.45, 7) is 4.11. The minimum absolute atomic E-state index is 0.0746. The molecule has 0 amide bonds. The number of carbonyl (C=O) groups is 1. The Bertz CT molecular complexity index is 738. The fourth-order valence-electron chi connectivity index (χ4n) is 2.68. The topological polar surface area (TPSA) is 52.9 Å². The van der Waals surface area contributed by atoms with E-state index in [0.717, 1.165) is 11.3 Å². The van der Waals surface area contributed by atoms with Gasteiger partial charge < -0.3 is 5.11 Å². The predicted octanol–water partition coefficient (Wildman–Crippen LogP) is 3.70. The number of benzene rings is 2. The molecule has 2 aromatic rings. The minimum atomic E-state index is -0.952. The number of hydrazone groups is 1. The van der Waals surface area contributed by atoms with Crippen molar-refractivity contribution in [1.82, 2.24) is 0 Å². The van der Waals surface area contributed by atoms with Crippen molar-refractivity contribution in [3.63, 3.8) is 0 Å². The molecule has 0 spiro atoms. The van der Waals surface area contributed by atoms with Gasteiger partial charge in [-0.3, -0.25) is 5.01 Å². The van der Waals surface area contributed by atoms with E-state index in [0.29, 0.717) is 6.42 Å². The summed E-state index contributed by atoms with van der Waals surface area (Å²) in [4.78, 5) is 11.3. The fourth-order valence-corrected chi connectivity index (χ4v) is 2.68. The van der Waals surface area contributed by atoms with Crippen LogP contribution in [0.4, 0.5) is 5.69 Å². The molecule has 4 heteroatoms. The number of hydrogen-bond donors (Lipinski definition) is 1. The Kier molecular flexibility index (Phi) is 3.67. The Morgan fingerprint density at radius 1 is 1.14 bits per heavy atom. The number of rotatable bonds is 3. The molecule has 0 saturated carbocycles. The van der Waals surface area contributed by atoms with E-state index in [9.17, 15) is 9.90 Å². The van der Waals surface area contributed by atoms with E-state index >= 15 is 0 Å². The van der Waals surface area contributed by atoms with Gasteiger partial charge in [0.2, 0.25) is 0 Å². The van der Waals surface area contributed by atoms with Gasteiger partial charge >= 0.3 is 5.97 Å². The summed E-state index contributed by atoms with van der Waals surface area (Å²) in [6.07, 6.45) is 0.409. The fraction of sp³-hybridized carbons (Fsp3) is 0.222. The number of aliphatic carboxylic acids is 1. The van der Waals surface area contributed by atoms with Crippen LogP contribution < -0.4 is 5.01 Å². The summed E-state index contributed by atoms with van der Waals surface area (Å²) in [5, 5.41) is 15.4. The highest BCUT2D eigenvalue weighted by atomic mass is 16.4. The first kappa shape index (κ1) is 14.3. The Hall–Kier alpha value is -2.62. The Balaban J connectivity index is 2.03. The Morgan fingerprint density at radius 3 is 2.50 bits per heavy atom. The van der Waals surface area contributed by atoms with Crippen LogP contribution in [-0.4, -0.2) is 16.8 Å². The van der Waals surface area contributed by atoms with Crippen molar-refractivity contribution in [2.24, 2.45) is 5.10 Å². The van der Waals surface area contributed by atoms with Crippen LogP contribution in [0.1, 0.15) is 29.2 Å². The van der Waals surface area contributed by atoms with Gasteiger partial charge in [-0.1, -0.05) is 36.4 Å². The van der Waals surface area contributed by atoms with Gasteiger partial charge in [0.25, 0.3) is 0 Å². The molecule has 1 aliphatic heterocycles. The number of carboxylic acids is 1. The molecule has 0 aliphatic carbocycles. The Morgan fingerprint density at radius 2 is 1.86 bits per heavy atom. The predicted molar refractivity (Wildman–Crippen MR) is 87.3 cm³/mol. The number of nitrogens with zero attached hydrogens (tertiary/aromatic N) is 2. The molecule has 0 aromatic heterocycles. The lowest BCUT2D eigenvalue weighted by molar-refractivity contribution is -0.129. The van der Waals surface area contributed by atoms with Crippen molar-refractivity contribution in [3.05, 3.63) is 65.2 Å². The van der Waals surface area contributed by atoms with Gasteiger partial charge in [-0.2, -0.15) is 5.10 Å². The molecule has 3 rings (SSSR count). The van der Waals surface area contributed by atoms with Gasteiger partial charge in [0.05, 0.1) is 11.7 Å². The van der Waals surface area contributed by atoms with E-state index < -0.39 is 5.97 Å². The average molecular weight is 294 g/mol. The molecule has 1 atom stereocenters. The molecule has 0 bridgehead atoms. The molecule has 4 nitrogen and oxygen atoms in total. The van der Waals surface area contributed by atoms with E-state index in [-0.39, 0.29) is 11.8 Å². The molecule has 0 radical (unpaired) electrons. The van der Waals surface area contributed by atoms with Crippen LogP contribution in [0.3, 0.4) is 0 Å². The van der Waals surface area contributed by atoms with Gasteiger partial charge in [0.1, 0.15) is 5.71 Å². The standard InChI is InChI=1S/C18H18N2O2/c1-12-8-9-15(10-13(12)2)20-17(11-16(19-20)18(21)22)14-6-4-3-5-7-14/h3-10,17H,11H2,1-2H3,(H,21,22). The van der Waals surface area contributed by atoms with Gasteiger partial charge in [0.15, 0.2) is 0 Å². The minimum Gasteiger partial charge on any atom is -0.477 e. The quantitative estimate of drug-likeness (QED) is 0.939. The zero-order valence-electron chi connectivity index (χ0n) is 12.7. The maximum Gasteiger partial charge on any atom is 0.352 e. The third-order valence-electron chi connectivity index (χ3n) is 4.10. The van der Waals surface area contributed by atoms with Crippen molar-refractivity contribution in [1.29, 1.82) is 0 Å². The van der Waals surface area contributed by atoms with E-state index in [1.807, 2.05) is 54.4 Å². The van der Waals surface area contributed by atoms with Crippen LogP contribution in [0.15, 0.2) is 53.6 Å². The molecule has 1 N–H and O–H groups in total. The van der Waals surface area contributed by atoms with Gasteiger partial charge in [-0.15, -0.1) is 0 Å². The molecule has 0 fully saturated rings. The molecule has 1 heterocycles. The summed E-state index contributed by atoms with van der Waals surface area (Å²) in [5.41, 5.74) is 4.57. The van der Waals surface area contributed by atoms with Crippen molar-refractivity contribution < 1.29 is 9.90 Å². The smallest absolute Gasteiger partial charge is 0.352 e. The van der Waals surface area contributed by atoms with E-state index in [2.05, 4.69) is 18.1 Å². The van der Waals surface area contributed by atoms with Crippen molar-refractivity contribution in [2.75, 3.05) is 5.01 Å². The summed E-state index contributed by atoms with van der Waals surface area (Å²) >= 11 is 0. The van der Waals surface area contributed by atoms with Crippen LogP contribution in [0, 0.1) is 13.8 Å². The molecule has 112 valence electrons. The number of anilines is 1. The van der Waals surface area contributed by atoms with Gasteiger partial charge in [0, 0.05) is 6.42 Å². The zero-order chi connectivity index (χ0) is 15.7. The molecule has 1 aliphatic rings. The molecule has 0 saturated heterocycles. The summed E-state index contributed by atoms with van der Waals surface area (Å²) in [7, 11) is 0. The Labute approximate surface area is 129 Å². The molecule has 1 unspecified atom stereocenters. The highest BCUT2D eigenvalue weighted by Crippen LogP contribution is 2.35. The molecule has 22 heavy (non-hydrogen) atoms. The second kappa shape index (κ2) is 5.64.